The monoisotopic (exact) mass is 332 g/mol. The molecule has 2 rings (SSSR count). The van der Waals surface area contributed by atoms with Crippen LogP contribution < -0.4 is 10.6 Å². The molecule has 2 N–H and O–H groups in total. The van der Waals surface area contributed by atoms with Crippen molar-refractivity contribution in [2.45, 2.75) is 20.0 Å². The minimum Gasteiger partial charge on any atom is -0.459 e. The molecule has 5 nitrogen and oxygen atoms in total. The Labute approximate surface area is 139 Å². The number of ether oxygens (including phenoxy) is 1. The summed E-state index contributed by atoms with van der Waals surface area (Å²) in [5, 5.41) is 5.85. The van der Waals surface area contributed by atoms with Gasteiger partial charge in [-0.15, -0.1) is 0 Å². The summed E-state index contributed by atoms with van der Waals surface area (Å²) in [7, 11) is 0. The molecule has 2 amide bonds. The second kappa shape index (κ2) is 7.65. The molecule has 0 aromatic heterocycles. The third-order valence-corrected chi connectivity index (χ3v) is 3.02. The fourth-order valence-corrected chi connectivity index (χ4v) is 2.06. The highest BCUT2D eigenvalue weighted by atomic mass is 35.5. The highest BCUT2D eigenvalue weighted by Crippen LogP contribution is 2.16. The molecule has 0 heterocycles. The molecule has 0 aliphatic carbocycles. The predicted molar refractivity (Wildman–Crippen MR) is 91.1 cm³/mol. The van der Waals surface area contributed by atoms with E-state index in [1.54, 1.807) is 62.4 Å². The van der Waals surface area contributed by atoms with Crippen molar-refractivity contribution in [2.75, 3.05) is 10.6 Å². The molecule has 0 unspecified atom stereocenters. The van der Waals surface area contributed by atoms with E-state index in [2.05, 4.69) is 10.6 Å². The summed E-state index contributed by atoms with van der Waals surface area (Å²) >= 11 is 5.86. The van der Waals surface area contributed by atoms with Crippen molar-refractivity contribution in [1.29, 1.82) is 0 Å². The van der Waals surface area contributed by atoms with Gasteiger partial charge >= 0.3 is 12.0 Å². The van der Waals surface area contributed by atoms with Crippen molar-refractivity contribution in [1.82, 2.24) is 0 Å². The van der Waals surface area contributed by atoms with Gasteiger partial charge in [0.25, 0.3) is 0 Å². The number of carbonyl (C=O) groups is 2. The second-order valence-corrected chi connectivity index (χ2v) is 5.56. The topological polar surface area (TPSA) is 67.4 Å². The van der Waals surface area contributed by atoms with Gasteiger partial charge in [-0.25, -0.2) is 9.59 Å². The average molecular weight is 333 g/mol. The number of rotatable bonds is 4. The fourth-order valence-electron chi connectivity index (χ4n) is 1.87. The Kier molecular flexibility index (Phi) is 5.60. The summed E-state index contributed by atoms with van der Waals surface area (Å²) in [6.07, 6.45) is -0.203. The van der Waals surface area contributed by atoms with Crippen LogP contribution in [-0.4, -0.2) is 18.1 Å². The molecule has 0 bridgehead atoms. The average Bonchev–Trinajstić information content (AvgIpc) is 2.46. The molecule has 0 radical (unpaired) electrons. The van der Waals surface area contributed by atoms with Gasteiger partial charge in [-0.1, -0.05) is 23.7 Å². The fraction of sp³-hybridized carbons (Fsp3) is 0.176. The van der Waals surface area contributed by atoms with Gasteiger partial charge in [0.15, 0.2) is 0 Å². The van der Waals surface area contributed by atoms with Crippen molar-refractivity contribution in [2.24, 2.45) is 0 Å². The number of nitrogens with one attached hydrogen (secondary N) is 2. The first-order valence-corrected chi connectivity index (χ1v) is 7.46. The SMILES string of the molecule is CC(C)OC(=O)c1cccc(NC(=O)Nc2cccc(Cl)c2)c1. The lowest BCUT2D eigenvalue weighted by Crippen LogP contribution is -2.19. The smallest absolute Gasteiger partial charge is 0.338 e. The maximum Gasteiger partial charge on any atom is 0.338 e. The van der Waals surface area contributed by atoms with Crippen LogP contribution in [0.4, 0.5) is 16.2 Å². The zero-order valence-electron chi connectivity index (χ0n) is 12.8. The Bertz CT molecular complexity index is 716. The Morgan fingerprint density at radius 3 is 2.22 bits per heavy atom. The Morgan fingerprint density at radius 2 is 1.61 bits per heavy atom. The molecule has 0 saturated heterocycles. The molecule has 0 saturated carbocycles. The van der Waals surface area contributed by atoms with Crippen molar-refractivity contribution in [3.63, 3.8) is 0 Å². The van der Waals surface area contributed by atoms with E-state index in [1.807, 2.05) is 0 Å². The molecule has 0 aliphatic heterocycles. The second-order valence-electron chi connectivity index (χ2n) is 5.12. The standard InChI is InChI=1S/C17H17ClN2O3/c1-11(2)23-16(21)12-5-3-7-14(9-12)19-17(22)20-15-8-4-6-13(18)10-15/h3-11H,1-2H3,(H2,19,20,22). The largest absolute Gasteiger partial charge is 0.459 e. The first-order chi connectivity index (χ1) is 10.9. The maximum atomic E-state index is 12.0. The molecule has 0 aliphatic rings. The summed E-state index contributed by atoms with van der Waals surface area (Å²) in [5.74, 6) is -0.432. The molecule has 0 spiro atoms. The minimum absolute atomic E-state index is 0.203. The third-order valence-electron chi connectivity index (χ3n) is 2.78. The lowest BCUT2D eigenvalue weighted by atomic mass is 10.2. The number of hydrogen-bond donors (Lipinski definition) is 2. The molecule has 23 heavy (non-hydrogen) atoms. The Morgan fingerprint density at radius 1 is 1.00 bits per heavy atom. The zero-order chi connectivity index (χ0) is 16.8. The third kappa shape index (κ3) is 5.30. The number of amides is 2. The van der Waals surface area contributed by atoms with Gasteiger partial charge in [0.05, 0.1) is 11.7 Å². The number of carbonyl (C=O) groups excluding carboxylic acids is 2. The number of benzene rings is 2. The highest BCUT2D eigenvalue weighted by Gasteiger charge is 2.10. The van der Waals surface area contributed by atoms with Crippen LogP contribution in [0, 0.1) is 0 Å². The Balaban J connectivity index is 2.02. The summed E-state index contributed by atoms with van der Waals surface area (Å²) in [6, 6.07) is 12.9. The molecule has 0 atom stereocenters. The first kappa shape index (κ1) is 16.8. The molecular weight excluding hydrogens is 316 g/mol. The van der Waals surface area contributed by atoms with Crippen LogP contribution in [0.5, 0.6) is 0 Å². The van der Waals surface area contributed by atoms with Crippen LogP contribution in [0.2, 0.25) is 5.02 Å². The van der Waals surface area contributed by atoms with Gasteiger partial charge in [0, 0.05) is 16.4 Å². The summed E-state index contributed by atoms with van der Waals surface area (Å²) in [5.41, 5.74) is 1.44. The molecule has 2 aromatic carbocycles. The number of anilines is 2. The van der Waals surface area contributed by atoms with E-state index in [9.17, 15) is 9.59 Å². The summed E-state index contributed by atoms with van der Waals surface area (Å²) in [6.45, 7) is 3.55. The predicted octanol–water partition coefficient (Wildman–Crippen LogP) is 4.55. The number of urea groups is 1. The van der Waals surface area contributed by atoms with Crippen LogP contribution >= 0.6 is 11.6 Å². The Hall–Kier alpha value is -2.53. The van der Waals surface area contributed by atoms with E-state index in [-0.39, 0.29) is 6.10 Å². The lowest BCUT2D eigenvalue weighted by Gasteiger charge is -2.10. The van der Waals surface area contributed by atoms with E-state index in [0.717, 1.165) is 0 Å². The van der Waals surface area contributed by atoms with Crippen LogP contribution in [0.15, 0.2) is 48.5 Å². The van der Waals surface area contributed by atoms with E-state index >= 15 is 0 Å². The van der Waals surface area contributed by atoms with E-state index in [1.165, 1.54) is 0 Å². The number of esters is 1. The van der Waals surface area contributed by atoms with E-state index in [0.29, 0.717) is 22.0 Å². The number of hydrogen-bond acceptors (Lipinski definition) is 3. The van der Waals surface area contributed by atoms with E-state index in [4.69, 9.17) is 16.3 Å². The molecule has 6 heteroatoms. The van der Waals surface area contributed by atoms with Gasteiger partial charge in [0.2, 0.25) is 0 Å². The summed E-state index contributed by atoms with van der Waals surface area (Å²) < 4.78 is 5.12. The maximum absolute atomic E-state index is 12.0. The first-order valence-electron chi connectivity index (χ1n) is 7.08. The van der Waals surface area contributed by atoms with Gasteiger partial charge in [-0.05, 0) is 50.2 Å². The minimum atomic E-state index is -0.432. The van der Waals surface area contributed by atoms with Crippen molar-refractivity contribution in [3.8, 4) is 0 Å². The van der Waals surface area contributed by atoms with Crippen LogP contribution in [0.25, 0.3) is 0 Å². The van der Waals surface area contributed by atoms with Crippen molar-refractivity contribution < 1.29 is 14.3 Å². The summed E-state index contributed by atoms with van der Waals surface area (Å²) in [4.78, 5) is 23.8. The molecule has 0 fully saturated rings. The van der Waals surface area contributed by atoms with Crippen molar-refractivity contribution in [3.05, 3.63) is 59.1 Å². The van der Waals surface area contributed by atoms with E-state index < -0.39 is 12.0 Å². The molecule has 120 valence electrons. The van der Waals surface area contributed by atoms with Gasteiger partial charge in [-0.3, -0.25) is 0 Å². The van der Waals surface area contributed by atoms with Crippen LogP contribution in [0.3, 0.4) is 0 Å². The van der Waals surface area contributed by atoms with Crippen LogP contribution in [0.1, 0.15) is 24.2 Å². The van der Waals surface area contributed by atoms with Crippen molar-refractivity contribution >= 4 is 35.0 Å². The molecular formula is C17H17ClN2O3. The van der Waals surface area contributed by atoms with Gasteiger partial charge < -0.3 is 15.4 Å². The lowest BCUT2D eigenvalue weighted by molar-refractivity contribution is 0.0378. The number of halogens is 1. The molecule has 2 aromatic rings. The van der Waals surface area contributed by atoms with Crippen LogP contribution in [-0.2, 0) is 4.74 Å². The zero-order valence-corrected chi connectivity index (χ0v) is 13.6. The van der Waals surface area contributed by atoms with Gasteiger partial charge in [-0.2, -0.15) is 0 Å². The highest BCUT2D eigenvalue weighted by molar-refractivity contribution is 6.30. The van der Waals surface area contributed by atoms with Gasteiger partial charge in [0.1, 0.15) is 0 Å². The quantitative estimate of drug-likeness (QED) is 0.807. The normalized spacial score (nSPS) is 10.3.